The number of carbonyl (C=O) groups is 1. The van der Waals surface area contributed by atoms with Crippen molar-refractivity contribution in [2.24, 2.45) is 0 Å². The van der Waals surface area contributed by atoms with Crippen LogP contribution < -0.4 is 5.32 Å². The van der Waals surface area contributed by atoms with Crippen molar-refractivity contribution in [3.8, 4) is 5.69 Å². The maximum Gasteiger partial charge on any atom is 0.288 e. The van der Waals surface area contributed by atoms with Crippen LogP contribution in [0.2, 0.25) is 15.1 Å². The van der Waals surface area contributed by atoms with Gasteiger partial charge in [-0.15, -0.1) is 10.2 Å². The lowest BCUT2D eigenvalue weighted by atomic mass is 10.1. The van der Waals surface area contributed by atoms with Gasteiger partial charge in [0.15, 0.2) is 11.0 Å². The number of benzene rings is 3. The van der Waals surface area contributed by atoms with Crippen molar-refractivity contribution in [2.75, 3.05) is 0 Å². The quantitative estimate of drug-likeness (QED) is 0.146. The van der Waals surface area contributed by atoms with E-state index >= 15 is 0 Å². The van der Waals surface area contributed by atoms with Crippen LogP contribution in [0.25, 0.3) is 5.69 Å². The second-order valence-electron chi connectivity index (χ2n) is 7.65. The maximum absolute atomic E-state index is 12.7. The first-order chi connectivity index (χ1) is 17.2. The van der Waals surface area contributed by atoms with E-state index < -0.39 is 10.8 Å². The number of rotatable bonds is 8. The second kappa shape index (κ2) is 11.3. The van der Waals surface area contributed by atoms with Gasteiger partial charge in [-0.25, -0.2) is 0 Å². The Hall–Kier alpha value is -3.11. The Kier molecular flexibility index (Phi) is 8.15. The van der Waals surface area contributed by atoms with E-state index in [1.165, 1.54) is 23.9 Å². The van der Waals surface area contributed by atoms with E-state index in [2.05, 4.69) is 15.5 Å². The van der Waals surface area contributed by atoms with Crippen molar-refractivity contribution < 1.29 is 9.72 Å². The van der Waals surface area contributed by atoms with Crippen LogP contribution in [-0.4, -0.2) is 25.6 Å². The molecule has 1 heterocycles. The number of nitro benzene ring substituents is 1. The Morgan fingerprint density at radius 3 is 2.56 bits per heavy atom. The molecule has 0 saturated heterocycles. The number of hydrogen-bond donors (Lipinski definition) is 1. The number of aromatic nitrogens is 3. The van der Waals surface area contributed by atoms with E-state index in [9.17, 15) is 14.9 Å². The summed E-state index contributed by atoms with van der Waals surface area (Å²) in [7, 11) is 0. The highest BCUT2D eigenvalue weighted by molar-refractivity contribution is 7.98. The lowest BCUT2D eigenvalue weighted by Crippen LogP contribution is -2.24. The summed E-state index contributed by atoms with van der Waals surface area (Å²) < 4.78 is 1.74. The molecule has 12 heteroatoms. The van der Waals surface area contributed by atoms with E-state index in [1.807, 2.05) is 31.2 Å². The molecule has 36 heavy (non-hydrogen) atoms. The summed E-state index contributed by atoms with van der Waals surface area (Å²) in [4.78, 5) is 23.3. The van der Waals surface area contributed by atoms with Gasteiger partial charge in [-0.1, -0.05) is 70.8 Å². The molecule has 0 spiro atoms. The fourth-order valence-electron chi connectivity index (χ4n) is 3.38. The monoisotopic (exact) mass is 561 g/mol. The Balaban J connectivity index is 1.62. The van der Waals surface area contributed by atoms with Gasteiger partial charge in [0.25, 0.3) is 11.6 Å². The van der Waals surface area contributed by atoms with Crippen molar-refractivity contribution >= 4 is 58.2 Å². The zero-order chi connectivity index (χ0) is 25.8. The minimum atomic E-state index is -0.644. The maximum atomic E-state index is 12.7. The highest BCUT2D eigenvalue weighted by Crippen LogP contribution is 2.31. The van der Waals surface area contributed by atoms with E-state index in [1.54, 1.807) is 22.8 Å². The Bertz CT molecular complexity index is 1460. The van der Waals surface area contributed by atoms with Gasteiger partial charge in [-0.3, -0.25) is 19.5 Å². The van der Waals surface area contributed by atoms with Crippen LogP contribution in [0.15, 0.2) is 65.8 Å². The summed E-state index contributed by atoms with van der Waals surface area (Å²) in [6.07, 6.45) is 0. The van der Waals surface area contributed by atoms with Crippen LogP contribution in [0.1, 0.15) is 27.3 Å². The molecule has 0 bridgehead atoms. The fourth-order valence-corrected chi connectivity index (χ4v) is 4.97. The summed E-state index contributed by atoms with van der Waals surface area (Å²) in [5.74, 6) is 0.517. The normalized spacial score (nSPS) is 10.9. The molecule has 4 aromatic rings. The molecule has 1 N–H and O–H groups in total. The van der Waals surface area contributed by atoms with Crippen molar-refractivity contribution in [3.05, 3.63) is 108 Å². The molecule has 3 aromatic carbocycles. The predicted molar refractivity (Wildman–Crippen MR) is 141 cm³/mol. The summed E-state index contributed by atoms with van der Waals surface area (Å²) in [6, 6.07) is 16.9. The first-order valence-corrected chi connectivity index (χ1v) is 12.7. The molecule has 4 rings (SSSR count). The lowest BCUT2D eigenvalue weighted by molar-refractivity contribution is -0.384. The molecular formula is C24H18Cl3N5O3S. The number of thioether (sulfide) groups is 1. The first kappa shape index (κ1) is 26.0. The number of nitrogens with zero attached hydrogens (tertiary/aromatic N) is 4. The zero-order valence-corrected chi connectivity index (χ0v) is 21.8. The number of amides is 1. The molecule has 0 fully saturated rings. The number of aryl methyl sites for hydroxylation is 1. The third-order valence-electron chi connectivity index (χ3n) is 5.28. The Morgan fingerprint density at radius 2 is 1.81 bits per heavy atom. The summed E-state index contributed by atoms with van der Waals surface area (Å²) in [5, 5.41) is 23.9. The van der Waals surface area contributed by atoms with Crippen LogP contribution in [0.4, 0.5) is 5.69 Å². The highest BCUT2D eigenvalue weighted by atomic mass is 35.5. The minimum absolute atomic E-state index is 0.0178. The summed E-state index contributed by atoms with van der Waals surface area (Å²) in [6.45, 7) is 2.02. The van der Waals surface area contributed by atoms with Crippen LogP contribution >= 0.6 is 46.6 Å². The number of nitro groups is 1. The Labute approximate surface area is 225 Å². The van der Waals surface area contributed by atoms with E-state index in [-0.39, 0.29) is 22.8 Å². The highest BCUT2D eigenvalue weighted by Gasteiger charge is 2.20. The topological polar surface area (TPSA) is 103 Å². The van der Waals surface area contributed by atoms with Crippen molar-refractivity contribution in [3.63, 3.8) is 0 Å². The van der Waals surface area contributed by atoms with E-state index in [0.29, 0.717) is 32.5 Å². The molecule has 1 amide bonds. The van der Waals surface area contributed by atoms with Gasteiger partial charge in [0.2, 0.25) is 0 Å². The SMILES string of the molecule is Cc1ccccc1CSc1nnc(CNC(=O)c2ccc(Cl)c([N+](=O)[O-])c2)n1-c1cc(Cl)ccc1Cl. The molecule has 184 valence electrons. The third kappa shape index (κ3) is 5.82. The lowest BCUT2D eigenvalue weighted by Gasteiger charge is -2.13. The van der Waals surface area contributed by atoms with Gasteiger partial charge in [0.1, 0.15) is 5.02 Å². The van der Waals surface area contributed by atoms with Gasteiger partial charge in [-0.05, 0) is 48.4 Å². The molecule has 0 aliphatic carbocycles. The van der Waals surface area contributed by atoms with Gasteiger partial charge >= 0.3 is 0 Å². The molecule has 0 aliphatic heterocycles. The van der Waals surface area contributed by atoms with Crippen LogP contribution in [-0.2, 0) is 12.3 Å². The van der Waals surface area contributed by atoms with Gasteiger partial charge in [0, 0.05) is 22.4 Å². The minimum Gasteiger partial charge on any atom is -0.345 e. The average Bonchev–Trinajstić information content (AvgIpc) is 3.26. The molecule has 0 unspecified atom stereocenters. The van der Waals surface area contributed by atoms with Crippen molar-refractivity contribution in [1.82, 2.24) is 20.1 Å². The average molecular weight is 563 g/mol. The zero-order valence-electron chi connectivity index (χ0n) is 18.7. The summed E-state index contributed by atoms with van der Waals surface area (Å²) >= 11 is 20.0. The molecular weight excluding hydrogens is 545 g/mol. The molecule has 1 aromatic heterocycles. The molecule has 0 atom stereocenters. The summed E-state index contributed by atoms with van der Waals surface area (Å²) in [5.41, 5.74) is 2.60. The first-order valence-electron chi connectivity index (χ1n) is 10.5. The molecule has 8 nitrogen and oxygen atoms in total. The van der Waals surface area contributed by atoms with Gasteiger partial charge in [-0.2, -0.15) is 0 Å². The third-order valence-corrected chi connectivity index (χ3v) is 7.13. The molecule has 0 aliphatic rings. The van der Waals surface area contributed by atoms with Crippen LogP contribution in [0, 0.1) is 17.0 Å². The second-order valence-corrected chi connectivity index (χ2v) is 9.84. The van der Waals surface area contributed by atoms with Crippen molar-refractivity contribution in [2.45, 2.75) is 24.4 Å². The predicted octanol–water partition coefficient (Wildman–Crippen LogP) is 6.67. The van der Waals surface area contributed by atoms with Gasteiger partial charge < -0.3 is 5.32 Å². The van der Waals surface area contributed by atoms with Crippen LogP contribution in [0.5, 0.6) is 0 Å². The smallest absolute Gasteiger partial charge is 0.288 e. The largest absolute Gasteiger partial charge is 0.345 e. The number of hydrogen-bond acceptors (Lipinski definition) is 6. The fraction of sp³-hybridized carbons (Fsp3) is 0.125. The van der Waals surface area contributed by atoms with E-state index in [0.717, 1.165) is 17.2 Å². The number of halogens is 3. The number of carbonyl (C=O) groups excluding carboxylic acids is 1. The number of nitrogens with one attached hydrogen (secondary N) is 1. The van der Waals surface area contributed by atoms with Gasteiger partial charge in [0.05, 0.1) is 22.2 Å². The standard InChI is InChI=1S/C24H18Cl3N5O3S/c1-14-4-2-3-5-16(14)13-36-24-30-29-22(31(24)20-11-17(25)7-9-18(20)26)12-28-23(33)15-6-8-19(27)21(10-15)32(34)35/h2-11H,12-13H2,1H3,(H,28,33). The Morgan fingerprint density at radius 1 is 1.06 bits per heavy atom. The molecule has 0 saturated carbocycles. The van der Waals surface area contributed by atoms with Crippen LogP contribution in [0.3, 0.4) is 0 Å². The van der Waals surface area contributed by atoms with E-state index in [4.69, 9.17) is 34.8 Å². The molecule has 0 radical (unpaired) electrons. The van der Waals surface area contributed by atoms with Crippen molar-refractivity contribution in [1.29, 1.82) is 0 Å².